The molecule has 29 heavy (non-hydrogen) atoms. The van der Waals surface area contributed by atoms with Crippen LogP contribution in [0.1, 0.15) is 35.4 Å². The molecule has 0 radical (unpaired) electrons. The summed E-state index contributed by atoms with van der Waals surface area (Å²) in [5, 5.41) is 17.9. The van der Waals surface area contributed by atoms with Gasteiger partial charge in [0.2, 0.25) is 6.23 Å². The number of fused-ring (bicyclic) bond motifs is 3. The molecule has 0 unspecified atom stereocenters. The maximum Gasteiger partial charge on any atom is 0.269 e. The summed E-state index contributed by atoms with van der Waals surface area (Å²) in [6.45, 7) is 0. The van der Waals surface area contributed by atoms with Gasteiger partial charge >= 0.3 is 0 Å². The molecule has 0 aliphatic carbocycles. The van der Waals surface area contributed by atoms with Crippen molar-refractivity contribution in [2.75, 3.05) is 0 Å². The smallest absolute Gasteiger partial charge is 0.269 e. The zero-order valence-electron chi connectivity index (χ0n) is 15.2. The minimum Gasteiger partial charge on any atom is -0.464 e. The van der Waals surface area contributed by atoms with Crippen molar-refractivity contribution in [3.05, 3.63) is 104 Å². The van der Waals surface area contributed by atoms with Crippen molar-refractivity contribution in [3.63, 3.8) is 0 Å². The van der Waals surface area contributed by atoms with E-state index in [4.69, 9.17) is 9.84 Å². The summed E-state index contributed by atoms with van der Waals surface area (Å²) in [7, 11) is 0. The molecular formula is C22H16BrN3O3. The van der Waals surface area contributed by atoms with Gasteiger partial charge in [0.05, 0.1) is 16.7 Å². The average Bonchev–Trinajstić information content (AvgIpc) is 3.19. The minimum atomic E-state index is -0.441. The van der Waals surface area contributed by atoms with Crippen LogP contribution in [0.5, 0.6) is 5.75 Å². The van der Waals surface area contributed by atoms with Gasteiger partial charge in [-0.3, -0.25) is 10.1 Å². The first-order valence-corrected chi connectivity index (χ1v) is 10.0. The van der Waals surface area contributed by atoms with E-state index in [0.29, 0.717) is 0 Å². The third-order valence-electron chi connectivity index (χ3n) is 5.27. The Morgan fingerprint density at radius 3 is 2.48 bits per heavy atom. The Hall–Kier alpha value is -3.19. The summed E-state index contributed by atoms with van der Waals surface area (Å²) in [5.74, 6) is 0.823. The van der Waals surface area contributed by atoms with E-state index in [2.05, 4.69) is 34.1 Å². The fraction of sp³-hybridized carbons (Fsp3) is 0.136. The van der Waals surface area contributed by atoms with E-state index in [9.17, 15) is 10.1 Å². The van der Waals surface area contributed by atoms with E-state index >= 15 is 0 Å². The van der Waals surface area contributed by atoms with E-state index in [-0.39, 0.29) is 11.7 Å². The van der Waals surface area contributed by atoms with Gasteiger partial charge in [0.15, 0.2) is 0 Å². The molecule has 3 aromatic carbocycles. The largest absolute Gasteiger partial charge is 0.464 e. The standard InChI is InChI=1S/C22H16BrN3O3/c23-16-9-5-14(6-10-16)19-13-20-18-3-1-2-4-21(18)29-22(25(20)24-19)15-7-11-17(12-8-15)26(27)28/h1-12,20,22H,13H2/t20-,22-/m0/s1. The third-order valence-corrected chi connectivity index (χ3v) is 5.79. The molecule has 3 aromatic rings. The molecule has 0 saturated heterocycles. The van der Waals surface area contributed by atoms with Gasteiger partial charge in [-0.1, -0.05) is 46.3 Å². The van der Waals surface area contributed by atoms with Gasteiger partial charge < -0.3 is 4.74 Å². The van der Waals surface area contributed by atoms with Crippen LogP contribution in [0.25, 0.3) is 0 Å². The van der Waals surface area contributed by atoms with Crippen LogP contribution < -0.4 is 4.74 Å². The summed E-state index contributed by atoms with van der Waals surface area (Å²) in [6, 6.07) is 22.6. The number of nitro groups is 1. The molecule has 0 bridgehead atoms. The average molecular weight is 450 g/mol. The van der Waals surface area contributed by atoms with E-state index in [1.807, 2.05) is 35.3 Å². The number of rotatable bonds is 3. The lowest BCUT2D eigenvalue weighted by molar-refractivity contribution is -0.384. The van der Waals surface area contributed by atoms with Gasteiger partial charge in [-0.05, 0) is 35.9 Å². The lowest BCUT2D eigenvalue weighted by Crippen LogP contribution is -2.33. The Balaban J connectivity index is 1.56. The number of benzene rings is 3. The van der Waals surface area contributed by atoms with Crippen LogP contribution >= 0.6 is 15.9 Å². The zero-order chi connectivity index (χ0) is 20.0. The molecule has 2 aliphatic rings. The highest BCUT2D eigenvalue weighted by Crippen LogP contribution is 2.47. The van der Waals surface area contributed by atoms with E-state index < -0.39 is 11.2 Å². The second-order valence-corrected chi connectivity index (χ2v) is 7.93. The molecule has 144 valence electrons. The summed E-state index contributed by atoms with van der Waals surface area (Å²) < 4.78 is 7.30. The predicted molar refractivity (Wildman–Crippen MR) is 113 cm³/mol. The van der Waals surface area contributed by atoms with Crippen molar-refractivity contribution in [2.24, 2.45) is 5.10 Å². The van der Waals surface area contributed by atoms with Crippen molar-refractivity contribution in [1.29, 1.82) is 0 Å². The van der Waals surface area contributed by atoms with Crippen molar-refractivity contribution < 1.29 is 9.66 Å². The normalized spacial score (nSPS) is 19.8. The number of hydrogen-bond donors (Lipinski definition) is 0. The summed E-state index contributed by atoms with van der Waals surface area (Å²) >= 11 is 3.47. The van der Waals surface area contributed by atoms with Gasteiger partial charge in [-0.15, -0.1) is 0 Å². The summed E-state index contributed by atoms with van der Waals surface area (Å²) in [5.41, 5.74) is 4.05. The quantitative estimate of drug-likeness (QED) is 0.385. The number of nitro benzene ring substituents is 1. The van der Waals surface area contributed by atoms with Crippen molar-refractivity contribution in [3.8, 4) is 5.75 Å². The summed E-state index contributed by atoms with van der Waals surface area (Å²) in [4.78, 5) is 10.6. The van der Waals surface area contributed by atoms with E-state index in [0.717, 1.165) is 39.0 Å². The highest BCUT2D eigenvalue weighted by atomic mass is 79.9. The fourth-order valence-electron chi connectivity index (χ4n) is 3.83. The van der Waals surface area contributed by atoms with Crippen LogP contribution in [0.3, 0.4) is 0 Å². The van der Waals surface area contributed by atoms with Crippen LogP contribution in [0.15, 0.2) is 82.4 Å². The predicted octanol–water partition coefficient (Wildman–Crippen LogP) is 5.60. The van der Waals surface area contributed by atoms with Crippen molar-refractivity contribution in [1.82, 2.24) is 5.01 Å². The number of non-ortho nitro benzene ring substituents is 1. The molecule has 0 spiro atoms. The molecule has 6 nitrogen and oxygen atoms in total. The van der Waals surface area contributed by atoms with Gasteiger partial charge in [-0.2, -0.15) is 5.10 Å². The Kier molecular flexibility index (Phi) is 4.32. The number of hydrogen-bond acceptors (Lipinski definition) is 5. The monoisotopic (exact) mass is 449 g/mol. The van der Waals surface area contributed by atoms with E-state index in [1.165, 1.54) is 12.1 Å². The van der Waals surface area contributed by atoms with Crippen LogP contribution in [-0.4, -0.2) is 15.6 Å². The molecule has 0 amide bonds. The van der Waals surface area contributed by atoms with Crippen LogP contribution in [0, 0.1) is 10.1 Å². The topological polar surface area (TPSA) is 68.0 Å². The lowest BCUT2D eigenvalue weighted by atomic mass is 9.96. The number of halogens is 1. The molecule has 0 saturated carbocycles. The Labute approximate surface area is 175 Å². The Bertz CT molecular complexity index is 1110. The molecular weight excluding hydrogens is 434 g/mol. The van der Waals surface area contributed by atoms with Crippen LogP contribution in [0.4, 0.5) is 5.69 Å². The highest BCUT2D eigenvalue weighted by Gasteiger charge is 2.40. The second kappa shape index (κ2) is 7.00. The van der Waals surface area contributed by atoms with Crippen molar-refractivity contribution in [2.45, 2.75) is 18.7 Å². The molecule has 2 aliphatic heterocycles. The molecule has 7 heteroatoms. The third kappa shape index (κ3) is 3.17. The van der Waals surface area contributed by atoms with Gasteiger partial charge in [0, 0.05) is 34.2 Å². The molecule has 0 N–H and O–H groups in total. The highest BCUT2D eigenvalue weighted by molar-refractivity contribution is 9.10. The van der Waals surface area contributed by atoms with Gasteiger partial charge in [-0.25, -0.2) is 5.01 Å². The van der Waals surface area contributed by atoms with Crippen LogP contribution in [0.2, 0.25) is 0 Å². The number of para-hydroxylation sites is 1. The molecule has 0 fully saturated rings. The Morgan fingerprint density at radius 1 is 1.03 bits per heavy atom. The number of ether oxygens (including phenoxy) is 1. The summed E-state index contributed by atoms with van der Waals surface area (Å²) in [6.07, 6.45) is 0.328. The SMILES string of the molecule is O=[N+]([O-])c1ccc([C@@H]2Oc3ccccc3[C@@H]3CC(c4ccc(Br)cc4)=NN32)cc1. The van der Waals surface area contributed by atoms with Gasteiger partial charge in [0.1, 0.15) is 5.75 Å². The molecule has 5 rings (SSSR count). The van der Waals surface area contributed by atoms with E-state index in [1.54, 1.807) is 12.1 Å². The molecule has 2 atom stereocenters. The zero-order valence-corrected chi connectivity index (χ0v) is 16.8. The van der Waals surface area contributed by atoms with Gasteiger partial charge in [0.25, 0.3) is 5.69 Å². The minimum absolute atomic E-state index is 0.0544. The van der Waals surface area contributed by atoms with Crippen molar-refractivity contribution >= 4 is 27.3 Å². The first-order valence-electron chi connectivity index (χ1n) is 9.22. The molecule has 2 heterocycles. The van der Waals surface area contributed by atoms with Crippen LogP contribution in [-0.2, 0) is 0 Å². The lowest BCUT2D eigenvalue weighted by Gasteiger charge is -2.38. The fourth-order valence-corrected chi connectivity index (χ4v) is 4.10. The number of nitrogens with zero attached hydrogens (tertiary/aromatic N) is 3. The number of hydrazone groups is 1. The molecule has 0 aromatic heterocycles. The Morgan fingerprint density at radius 2 is 1.76 bits per heavy atom. The maximum atomic E-state index is 11.0. The first kappa shape index (κ1) is 17.9. The first-order chi connectivity index (χ1) is 14.1. The maximum absolute atomic E-state index is 11.0. The second-order valence-electron chi connectivity index (χ2n) is 7.01.